The summed E-state index contributed by atoms with van der Waals surface area (Å²) in [5.41, 5.74) is 2.24. The summed E-state index contributed by atoms with van der Waals surface area (Å²) < 4.78 is 12.2. The molecular formula is C15H19FN4O2. The molecule has 0 aromatic heterocycles. The van der Waals surface area contributed by atoms with E-state index in [4.69, 9.17) is 0 Å². The van der Waals surface area contributed by atoms with Gasteiger partial charge in [-0.05, 0) is 18.4 Å². The van der Waals surface area contributed by atoms with Crippen molar-refractivity contribution >= 4 is 12.1 Å². The number of benzene rings is 1. The van der Waals surface area contributed by atoms with Crippen LogP contribution in [0.1, 0.15) is 24.4 Å². The summed E-state index contributed by atoms with van der Waals surface area (Å²) in [4.78, 5) is 26.7. The van der Waals surface area contributed by atoms with Gasteiger partial charge in [0.05, 0.1) is 6.04 Å². The van der Waals surface area contributed by atoms with E-state index >= 15 is 0 Å². The number of nitrogens with zero attached hydrogens (tertiary/aromatic N) is 2. The maximum Gasteiger partial charge on any atom is 0.345 e. The minimum atomic E-state index is -0.702. The van der Waals surface area contributed by atoms with Gasteiger partial charge in [-0.1, -0.05) is 34.8 Å². The third-order valence-corrected chi connectivity index (χ3v) is 4.41. The molecule has 2 saturated heterocycles. The lowest BCUT2D eigenvalue weighted by atomic mass is 10.0. The first-order chi connectivity index (χ1) is 10.7. The van der Waals surface area contributed by atoms with Crippen molar-refractivity contribution in [2.75, 3.05) is 19.6 Å². The second kappa shape index (κ2) is 6.21. The summed E-state index contributed by atoms with van der Waals surface area (Å²) in [7, 11) is 0. The Morgan fingerprint density at radius 1 is 1.23 bits per heavy atom. The van der Waals surface area contributed by atoms with E-state index in [1.54, 1.807) is 0 Å². The van der Waals surface area contributed by atoms with E-state index in [2.05, 4.69) is 5.32 Å². The van der Waals surface area contributed by atoms with Gasteiger partial charge in [-0.25, -0.2) is 9.59 Å². The SMILES string of the molecule is O=C(NF)N1CCC(N2CC(c3ccccc3)NC2=O)CC1. The molecule has 2 heterocycles. The molecule has 0 saturated carbocycles. The van der Waals surface area contributed by atoms with Crippen LogP contribution in [0.3, 0.4) is 0 Å². The highest BCUT2D eigenvalue weighted by atomic mass is 19.2. The van der Waals surface area contributed by atoms with E-state index in [1.807, 2.05) is 35.2 Å². The molecule has 1 unspecified atom stereocenters. The topological polar surface area (TPSA) is 64.7 Å². The average molecular weight is 306 g/mol. The van der Waals surface area contributed by atoms with E-state index in [1.165, 1.54) is 4.90 Å². The summed E-state index contributed by atoms with van der Waals surface area (Å²) >= 11 is 0. The van der Waals surface area contributed by atoms with Crippen LogP contribution in [0.4, 0.5) is 14.1 Å². The van der Waals surface area contributed by atoms with Crippen molar-refractivity contribution in [1.82, 2.24) is 20.7 Å². The molecule has 4 amide bonds. The fourth-order valence-corrected chi connectivity index (χ4v) is 3.19. The Balaban J connectivity index is 1.60. The fraction of sp³-hybridized carbons (Fsp3) is 0.467. The maximum absolute atomic E-state index is 12.2. The molecule has 1 aromatic rings. The summed E-state index contributed by atoms with van der Waals surface area (Å²) in [5.74, 6) is 0. The Morgan fingerprint density at radius 2 is 1.91 bits per heavy atom. The van der Waals surface area contributed by atoms with Gasteiger partial charge in [0.15, 0.2) is 0 Å². The van der Waals surface area contributed by atoms with E-state index in [9.17, 15) is 14.1 Å². The van der Waals surface area contributed by atoms with Gasteiger partial charge in [0, 0.05) is 25.7 Å². The molecule has 7 heteroatoms. The zero-order chi connectivity index (χ0) is 15.5. The Hall–Kier alpha value is -2.31. The maximum atomic E-state index is 12.2. The molecule has 2 N–H and O–H groups in total. The van der Waals surface area contributed by atoms with Crippen LogP contribution in [-0.2, 0) is 0 Å². The Morgan fingerprint density at radius 3 is 2.55 bits per heavy atom. The number of amides is 4. The van der Waals surface area contributed by atoms with Crippen molar-refractivity contribution in [3.05, 3.63) is 35.9 Å². The zero-order valence-electron chi connectivity index (χ0n) is 12.2. The molecule has 6 nitrogen and oxygen atoms in total. The van der Waals surface area contributed by atoms with Crippen LogP contribution in [0.25, 0.3) is 0 Å². The van der Waals surface area contributed by atoms with Gasteiger partial charge in [0.25, 0.3) is 0 Å². The van der Waals surface area contributed by atoms with Crippen molar-refractivity contribution < 1.29 is 14.1 Å². The van der Waals surface area contributed by atoms with E-state index in [0.29, 0.717) is 32.5 Å². The molecule has 1 aromatic carbocycles. The van der Waals surface area contributed by atoms with Crippen molar-refractivity contribution in [2.45, 2.75) is 24.9 Å². The van der Waals surface area contributed by atoms with Gasteiger partial charge in [-0.3, -0.25) is 0 Å². The molecule has 2 aliphatic heterocycles. The van der Waals surface area contributed by atoms with Gasteiger partial charge in [-0.15, -0.1) is 0 Å². The fourth-order valence-electron chi connectivity index (χ4n) is 3.19. The Labute approximate surface area is 128 Å². The number of rotatable bonds is 2. The number of nitrogens with one attached hydrogen (secondary N) is 2. The predicted molar refractivity (Wildman–Crippen MR) is 78.7 cm³/mol. The Bertz CT molecular complexity index is 546. The number of halogens is 1. The number of carbonyl (C=O) groups excluding carboxylic acids is 2. The van der Waals surface area contributed by atoms with Gasteiger partial charge in [-0.2, -0.15) is 5.54 Å². The first-order valence-corrected chi connectivity index (χ1v) is 7.46. The monoisotopic (exact) mass is 306 g/mol. The summed E-state index contributed by atoms with van der Waals surface area (Å²) in [5, 5.41) is 3.00. The molecule has 118 valence electrons. The minimum Gasteiger partial charge on any atom is -0.329 e. The lowest BCUT2D eigenvalue weighted by Crippen LogP contribution is -2.49. The largest absolute Gasteiger partial charge is 0.345 e. The first-order valence-electron chi connectivity index (χ1n) is 7.46. The van der Waals surface area contributed by atoms with Crippen molar-refractivity contribution in [3.8, 4) is 0 Å². The highest BCUT2D eigenvalue weighted by Crippen LogP contribution is 2.25. The van der Waals surface area contributed by atoms with Gasteiger partial charge in [0.1, 0.15) is 0 Å². The highest BCUT2D eigenvalue weighted by molar-refractivity contribution is 5.78. The van der Waals surface area contributed by atoms with Crippen molar-refractivity contribution in [1.29, 1.82) is 0 Å². The van der Waals surface area contributed by atoms with Crippen LogP contribution >= 0.6 is 0 Å². The number of carbonyl (C=O) groups is 2. The third kappa shape index (κ3) is 2.84. The summed E-state index contributed by atoms with van der Waals surface area (Å²) in [6, 6.07) is 9.19. The van der Waals surface area contributed by atoms with Crippen molar-refractivity contribution in [2.24, 2.45) is 0 Å². The van der Waals surface area contributed by atoms with Gasteiger partial charge in [0.2, 0.25) is 0 Å². The van der Waals surface area contributed by atoms with Crippen LogP contribution in [0, 0.1) is 0 Å². The molecule has 0 radical (unpaired) electrons. The minimum absolute atomic E-state index is 0.000806. The van der Waals surface area contributed by atoms with Crippen LogP contribution in [-0.4, -0.2) is 47.5 Å². The van der Waals surface area contributed by atoms with Gasteiger partial charge < -0.3 is 15.1 Å². The molecule has 0 aliphatic carbocycles. The lowest BCUT2D eigenvalue weighted by Gasteiger charge is -2.35. The van der Waals surface area contributed by atoms with Crippen molar-refractivity contribution in [3.63, 3.8) is 0 Å². The average Bonchev–Trinajstić information content (AvgIpc) is 2.97. The lowest BCUT2D eigenvalue weighted by molar-refractivity contribution is 0.129. The molecule has 2 aliphatic rings. The predicted octanol–water partition coefficient (Wildman–Crippen LogP) is 1.81. The molecule has 2 fully saturated rings. The number of urea groups is 2. The molecule has 1 atom stereocenters. The number of hydrogen-bond donors (Lipinski definition) is 2. The van der Waals surface area contributed by atoms with E-state index < -0.39 is 6.03 Å². The van der Waals surface area contributed by atoms with Crippen LogP contribution in [0.2, 0.25) is 0 Å². The summed E-state index contributed by atoms with van der Waals surface area (Å²) in [6.07, 6.45) is 1.34. The molecular weight excluding hydrogens is 287 g/mol. The summed E-state index contributed by atoms with van der Waals surface area (Å²) in [6.45, 7) is 1.54. The number of hydrogen-bond acceptors (Lipinski definition) is 2. The third-order valence-electron chi connectivity index (χ3n) is 4.41. The second-order valence-electron chi connectivity index (χ2n) is 5.68. The first kappa shape index (κ1) is 14.6. The number of piperidine rings is 1. The second-order valence-corrected chi connectivity index (χ2v) is 5.68. The van der Waals surface area contributed by atoms with Crippen LogP contribution < -0.4 is 10.9 Å². The Kier molecular flexibility index (Phi) is 4.13. The normalized spacial score (nSPS) is 22.6. The zero-order valence-corrected chi connectivity index (χ0v) is 12.2. The number of likely N-dealkylation sites (tertiary alicyclic amines) is 1. The highest BCUT2D eigenvalue weighted by Gasteiger charge is 2.36. The molecule has 0 bridgehead atoms. The van der Waals surface area contributed by atoms with E-state index in [0.717, 1.165) is 11.1 Å². The molecule has 3 rings (SSSR count). The van der Waals surface area contributed by atoms with Gasteiger partial charge >= 0.3 is 12.1 Å². The van der Waals surface area contributed by atoms with Crippen LogP contribution in [0.15, 0.2) is 30.3 Å². The smallest absolute Gasteiger partial charge is 0.329 e. The standard InChI is InChI=1S/C15H19FN4O2/c16-18-15(22)19-8-6-12(7-9-19)20-10-13(17-14(20)21)11-4-2-1-3-5-11/h1-5,12-13H,6-10H2,(H,17,21)(H,18,22). The van der Waals surface area contributed by atoms with Crippen LogP contribution in [0.5, 0.6) is 0 Å². The molecule has 0 spiro atoms. The quantitative estimate of drug-likeness (QED) is 0.819. The van der Waals surface area contributed by atoms with E-state index in [-0.39, 0.29) is 18.1 Å². The molecule has 22 heavy (non-hydrogen) atoms.